The number of hydrogen-bond donors (Lipinski definition) is 0. The van der Waals surface area contributed by atoms with Gasteiger partial charge >= 0.3 is 6.18 Å². The molecule has 4 aliphatic rings. The summed E-state index contributed by atoms with van der Waals surface area (Å²) in [5.74, 6) is 2.13. The largest absolute Gasteiger partial charge is 0.463 e. The Balaban J connectivity index is 1.44. The van der Waals surface area contributed by atoms with E-state index in [4.69, 9.17) is 4.42 Å². The molecular formula is C23H21F3N2O2S. The number of halogens is 3. The van der Waals surface area contributed by atoms with Gasteiger partial charge in [0.1, 0.15) is 22.6 Å². The van der Waals surface area contributed by atoms with Crippen LogP contribution < -0.4 is 0 Å². The number of Topliss-reactive ketones (excluding diaryl/α,β-unsaturated/α-hetero) is 1. The lowest BCUT2D eigenvalue weighted by molar-refractivity contribution is -0.141. The van der Waals surface area contributed by atoms with Crippen LogP contribution in [0.1, 0.15) is 49.7 Å². The van der Waals surface area contributed by atoms with Crippen LogP contribution >= 0.6 is 11.8 Å². The first-order chi connectivity index (χ1) is 14.8. The normalized spacial score (nSPS) is 29.2. The van der Waals surface area contributed by atoms with Gasteiger partial charge in [0, 0.05) is 5.41 Å². The van der Waals surface area contributed by atoms with Crippen LogP contribution in [0.15, 0.2) is 33.9 Å². The maximum Gasteiger partial charge on any atom is 0.417 e. The van der Waals surface area contributed by atoms with Gasteiger partial charge in [0.25, 0.3) is 0 Å². The third-order valence-corrected chi connectivity index (χ3v) is 8.12. The minimum atomic E-state index is -4.71. The molecule has 2 aromatic heterocycles. The summed E-state index contributed by atoms with van der Waals surface area (Å²) in [7, 11) is 0. The van der Waals surface area contributed by atoms with Crippen LogP contribution in [0.3, 0.4) is 0 Å². The number of rotatable bonds is 5. The fraction of sp³-hybridized carbons (Fsp3) is 0.522. The lowest BCUT2D eigenvalue weighted by Crippen LogP contribution is -2.50. The highest BCUT2D eigenvalue weighted by atomic mass is 32.2. The van der Waals surface area contributed by atoms with Gasteiger partial charge in [-0.3, -0.25) is 4.79 Å². The second-order valence-electron chi connectivity index (χ2n) is 9.23. The summed E-state index contributed by atoms with van der Waals surface area (Å²) in [6.45, 7) is 0. The molecule has 8 heteroatoms. The summed E-state index contributed by atoms with van der Waals surface area (Å²) in [4.78, 5) is 17.6. The fourth-order valence-corrected chi connectivity index (χ4v) is 7.28. The molecule has 0 saturated heterocycles. The molecule has 4 nitrogen and oxygen atoms in total. The number of carbonyl (C=O) groups excluding carboxylic acids is 1. The van der Waals surface area contributed by atoms with E-state index < -0.39 is 17.3 Å². The Labute approximate surface area is 182 Å². The molecule has 0 radical (unpaired) electrons. The van der Waals surface area contributed by atoms with E-state index in [1.165, 1.54) is 31.6 Å². The van der Waals surface area contributed by atoms with Gasteiger partial charge in [-0.25, -0.2) is 4.98 Å². The average molecular weight is 446 g/mol. The first-order valence-corrected chi connectivity index (χ1v) is 11.5. The molecule has 0 unspecified atom stereocenters. The number of carbonyl (C=O) groups is 1. The van der Waals surface area contributed by atoms with Crippen LogP contribution in [0.25, 0.3) is 11.5 Å². The van der Waals surface area contributed by atoms with E-state index >= 15 is 0 Å². The molecule has 2 aromatic rings. The summed E-state index contributed by atoms with van der Waals surface area (Å²) < 4.78 is 46.2. The predicted octanol–water partition coefficient (Wildman–Crippen LogP) is 6.11. The molecule has 2 heterocycles. The van der Waals surface area contributed by atoms with Gasteiger partial charge in [-0.15, -0.1) is 0 Å². The van der Waals surface area contributed by atoms with Crippen LogP contribution in [0.4, 0.5) is 13.2 Å². The molecule has 0 atom stereocenters. The summed E-state index contributed by atoms with van der Waals surface area (Å²) in [6.07, 6.45) is 2.96. The number of thioether (sulfide) groups is 1. The molecule has 4 saturated carbocycles. The molecule has 4 fully saturated rings. The van der Waals surface area contributed by atoms with Crippen molar-refractivity contribution < 1.29 is 22.4 Å². The van der Waals surface area contributed by atoms with Crippen LogP contribution in [0.2, 0.25) is 0 Å². The number of furan rings is 1. The number of alkyl halides is 3. The van der Waals surface area contributed by atoms with Gasteiger partial charge in [0.15, 0.2) is 5.76 Å². The Morgan fingerprint density at radius 1 is 1.23 bits per heavy atom. The fourth-order valence-electron chi connectivity index (χ4n) is 6.25. The van der Waals surface area contributed by atoms with Crippen molar-refractivity contribution in [2.45, 2.75) is 49.7 Å². The van der Waals surface area contributed by atoms with E-state index in [0.717, 1.165) is 37.1 Å². The van der Waals surface area contributed by atoms with Crippen molar-refractivity contribution in [3.8, 4) is 17.5 Å². The topological polar surface area (TPSA) is 66.9 Å². The van der Waals surface area contributed by atoms with E-state index in [2.05, 4.69) is 4.98 Å². The van der Waals surface area contributed by atoms with Crippen molar-refractivity contribution in [1.29, 1.82) is 5.26 Å². The van der Waals surface area contributed by atoms with Crippen molar-refractivity contribution in [2.75, 3.05) is 5.75 Å². The molecule has 0 aliphatic heterocycles. The van der Waals surface area contributed by atoms with Crippen molar-refractivity contribution in [3.63, 3.8) is 0 Å². The van der Waals surface area contributed by atoms with Crippen LogP contribution in [-0.4, -0.2) is 16.5 Å². The van der Waals surface area contributed by atoms with E-state index in [1.807, 2.05) is 0 Å². The maximum absolute atomic E-state index is 13.7. The Hall–Kier alpha value is -2.27. The molecule has 162 valence electrons. The first-order valence-electron chi connectivity index (χ1n) is 10.5. The first kappa shape index (κ1) is 20.6. The lowest BCUT2D eigenvalue weighted by Gasteiger charge is -2.56. The number of hydrogen-bond acceptors (Lipinski definition) is 5. The van der Waals surface area contributed by atoms with Crippen LogP contribution in [0, 0.1) is 34.5 Å². The van der Waals surface area contributed by atoms with Crippen molar-refractivity contribution in [3.05, 3.63) is 35.6 Å². The molecule has 4 aliphatic carbocycles. The van der Waals surface area contributed by atoms with E-state index in [9.17, 15) is 23.2 Å². The Morgan fingerprint density at radius 2 is 1.87 bits per heavy atom. The summed E-state index contributed by atoms with van der Waals surface area (Å²) >= 11 is 0.946. The highest BCUT2D eigenvalue weighted by molar-refractivity contribution is 8.00. The van der Waals surface area contributed by atoms with Crippen molar-refractivity contribution >= 4 is 17.5 Å². The van der Waals surface area contributed by atoms with E-state index in [1.54, 1.807) is 12.1 Å². The van der Waals surface area contributed by atoms with E-state index in [0.29, 0.717) is 17.8 Å². The van der Waals surface area contributed by atoms with Gasteiger partial charge in [0.05, 0.1) is 23.1 Å². The highest BCUT2D eigenvalue weighted by Crippen LogP contribution is 2.60. The third-order valence-electron chi connectivity index (χ3n) is 7.15. The molecule has 6 rings (SSSR count). The van der Waals surface area contributed by atoms with Crippen molar-refractivity contribution in [1.82, 2.24) is 4.98 Å². The molecule has 0 amide bonds. The number of pyridine rings is 1. The van der Waals surface area contributed by atoms with Gasteiger partial charge < -0.3 is 4.42 Å². The second kappa shape index (κ2) is 7.40. The second-order valence-corrected chi connectivity index (χ2v) is 10.2. The number of aromatic nitrogens is 1. The van der Waals surface area contributed by atoms with Gasteiger partial charge in [-0.05, 0) is 74.5 Å². The van der Waals surface area contributed by atoms with Gasteiger partial charge in [-0.2, -0.15) is 18.4 Å². The predicted molar refractivity (Wildman–Crippen MR) is 108 cm³/mol. The molecule has 31 heavy (non-hydrogen) atoms. The monoisotopic (exact) mass is 446 g/mol. The van der Waals surface area contributed by atoms with Gasteiger partial charge in [-0.1, -0.05) is 11.8 Å². The van der Waals surface area contributed by atoms with Crippen molar-refractivity contribution in [2.24, 2.45) is 23.2 Å². The minimum absolute atomic E-state index is 0.000999. The Bertz CT molecular complexity index is 1020. The summed E-state index contributed by atoms with van der Waals surface area (Å²) in [6, 6.07) is 5.57. The average Bonchev–Trinajstić information content (AvgIpc) is 3.24. The SMILES string of the molecule is N#Cc1c(C(F)(F)F)cc(-c2ccco2)nc1SCC(=O)C12CC3CC(CC(C3)C1)C2. The standard InChI is InChI=1S/C23H21F3N2O2S/c24-23(25,26)17-7-18(19-2-1-3-30-19)28-21(16(17)11-27)31-12-20(29)22-8-13-4-14(9-22)6-15(5-13)10-22/h1-3,7,13-15H,4-6,8-10,12H2. The molecule has 0 aromatic carbocycles. The van der Waals surface area contributed by atoms with Crippen LogP contribution in [0.5, 0.6) is 0 Å². The zero-order chi connectivity index (χ0) is 21.8. The van der Waals surface area contributed by atoms with E-state index in [-0.39, 0.29) is 33.4 Å². The molecular weight excluding hydrogens is 425 g/mol. The quantitative estimate of drug-likeness (QED) is 0.519. The van der Waals surface area contributed by atoms with Crippen LogP contribution in [-0.2, 0) is 11.0 Å². The zero-order valence-corrected chi connectivity index (χ0v) is 17.6. The molecule has 0 N–H and O–H groups in total. The molecule has 0 spiro atoms. The maximum atomic E-state index is 13.7. The Kier molecular flexibility index (Phi) is 4.93. The zero-order valence-electron chi connectivity index (χ0n) is 16.7. The summed E-state index contributed by atoms with van der Waals surface area (Å²) in [5, 5.41) is 9.40. The smallest absolute Gasteiger partial charge is 0.417 e. The molecule has 4 bridgehead atoms. The number of nitrogens with zero attached hydrogens (tertiary/aromatic N) is 2. The highest BCUT2D eigenvalue weighted by Gasteiger charge is 2.54. The lowest BCUT2D eigenvalue weighted by atomic mass is 9.48. The number of ketones is 1. The minimum Gasteiger partial charge on any atom is -0.463 e. The Morgan fingerprint density at radius 3 is 2.39 bits per heavy atom. The summed E-state index contributed by atoms with van der Waals surface area (Å²) in [5.41, 5.74) is -1.92. The third kappa shape index (κ3) is 3.67. The van der Waals surface area contributed by atoms with Gasteiger partial charge in [0.2, 0.25) is 0 Å². The number of nitriles is 1.